The third kappa shape index (κ3) is 4.70. The van der Waals surface area contributed by atoms with E-state index in [1.54, 1.807) is 11.8 Å². The second kappa shape index (κ2) is 2.12. The van der Waals surface area contributed by atoms with E-state index < -0.39 is 0 Å². The lowest BCUT2D eigenvalue weighted by molar-refractivity contribution is 1.17. The predicted octanol–water partition coefficient (Wildman–Crippen LogP) is 1.83. The summed E-state index contributed by atoms with van der Waals surface area (Å²) in [6.45, 7) is 5.68. The minimum atomic E-state index is -0.0972. The molecule has 0 heterocycles. The van der Waals surface area contributed by atoms with Gasteiger partial charge in [-0.15, -0.1) is 11.8 Å². The number of hydrogen-bond acceptors (Lipinski definition) is 2. The van der Waals surface area contributed by atoms with Crippen LogP contribution in [0, 0.1) is 6.92 Å². The molecule has 0 aromatic rings. The minimum absolute atomic E-state index is 0.0972. The molecule has 0 aromatic heterocycles. The van der Waals surface area contributed by atoms with Crippen molar-refractivity contribution in [3.8, 4) is 0 Å². The summed E-state index contributed by atoms with van der Waals surface area (Å²) < 4.78 is -0.0972. The Morgan fingerprint density at radius 2 is 2.00 bits per heavy atom. The molecule has 6 heavy (non-hydrogen) atoms. The third-order valence-electron chi connectivity index (χ3n) is 0.440. The fourth-order valence-electron chi connectivity index (χ4n) is 0. The van der Waals surface area contributed by atoms with Crippen molar-refractivity contribution in [2.45, 2.75) is 11.0 Å². The zero-order valence-electron chi connectivity index (χ0n) is 4.06. The van der Waals surface area contributed by atoms with Gasteiger partial charge in [-0.3, -0.25) is 0 Å². The molecule has 0 nitrogen and oxygen atoms in total. The van der Waals surface area contributed by atoms with E-state index in [4.69, 9.17) is 0 Å². The number of thioether (sulfide) groups is 1. The Morgan fingerprint density at radius 3 is 2.00 bits per heavy atom. The first-order valence-corrected chi connectivity index (χ1v) is 3.36. The summed E-state index contributed by atoms with van der Waals surface area (Å²) in [4.78, 5) is 0. The highest BCUT2D eigenvalue weighted by Gasteiger charge is 2.05. The van der Waals surface area contributed by atoms with Gasteiger partial charge in [0.15, 0.2) is 0 Å². The maximum atomic E-state index is 4.11. The van der Waals surface area contributed by atoms with Crippen LogP contribution in [-0.2, 0) is 0 Å². The number of thiol groups is 1. The van der Waals surface area contributed by atoms with Gasteiger partial charge in [0, 0.05) is 0 Å². The van der Waals surface area contributed by atoms with Crippen LogP contribution in [0.5, 0.6) is 0 Å². The monoisotopic (exact) mass is 121 g/mol. The van der Waals surface area contributed by atoms with Crippen molar-refractivity contribution in [3.05, 3.63) is 6.92 Å². The summed E-state index contributed by atoms with van der Waals surface area (Å²) in [6.07, 6.45) is 1.99. The highest BCUT2D eigenvalue weighted by molar-refractivity contribution is 8.11. The molecule has 0 aromatic carbocycles. The lowest BCUT2D eigenvalue weighted by atomic mass is 10.5. The van der Waals surface area contributed by atoms with E-state index in [1.807, 2.05) is 13.2 Å². The predicted molar refractivity (Wildman–Crippen MR) is 36.3 cm³/mol. The van der Waals surface area contributed by atoms with Gasteiger partial charge in [0.25, 0.3) is 0 Å². The van der Waals surface area contributed by atoms with E-state index in [-0.39, 0.29) is 4.08 Å². The zero-order valence-corrected chi connectivity index (χ0v) is 5.77. The molecule has 1 atom stereocenters. The molecule has 0 amide bonds. The first kappa shape index (κ1) is 6.70. The van der Waals surface area contributed by atoms with Crippen molar-refractivity contribution >= 4 is 24.4 Å². The van der Waals surface area contributed by atoms with Gasteiger partial charge in [0.05, 0.1) is 4.08 Å². The highest BCUT2D eigenvalue weighted by Crippen LogP contribution is 2.23. The number of rotatable bonds is 1. The van der Waals surface area contributed by atoms with Crippen LogP contribution in [0.15, 0.2) is 0 Å². The van der Waals surface area contributed by atoms with Gasteiger partial charge in [0.2, 0.25) is 0 Å². The van der Waals surface area contributed by atoms with Crippen LogP contribution < -0.4 is 0 Å². The molecule has 0 fully saturated rings. The van der Waals surface area contributed by atoms with Gasteiger partial charge in [-0.2, -0.15) is 12.6 Å². The molecule has 1 unspecified atom stereocenters. The van der Waals surface area contributed by atoms with Crippen molar-refractivity contribution in [3.63, 3.8) is 0 Å². The van der Waals surface area contributed by atoms with Crippen LogP contribution in [0.2, 0.25) is 0 Å². The first-order chi connectivity index (χ1) is 2.56. The summed E-state index contributed by atoms with van der Waals surface area (Å²) in [5, 5.41) is 0. The molecule has 0 saturated carbocycles. The lowest BCUT2D eigenvalue weighted by Gasteiger charge is -2.10. The lowest BCUT2D eigenvalue weighted by Crippen LogP contribution is -2.00. The molecule has 0 aliphatic heterocycles. The van der Waals surface area contributed by atoms with Crippen LogP contribution >= 0.6 is 24.4 Å². The van der Waals surface area contributed by atoms with Crippen molar-refractivity contribution < 1.29 is 0 Å². The standard InChI is InChI=1S/C4H9S2/c1-4(2,5)6-3/h5H,1H2,2-3H3. The molecule has 0 rings (SSSR count). The van der Waals surface area contributed by atoms with E-state index in [9.17, 15) is 0 Å². The van der Waals surface area contributed by atoms with Gasteiger partial charge in [0.1, 0.15) is 0 Å². The van der Waals surface area contributed by atoms with Crippen LogP contribution in [0.3, 0.4) is 0 Å². The van der Waals surface area contributed by atoms with Crippen LogP contribution in [0.4, 0.5) is 0 Å². The van der Waals surface area contributed by atoms with E-state index in [0.29, 0.717) is 0 Å². The van der Waals surface area contributed by atoms with Gasteiger partial charge in [-0.05, 0) is 20.1 Å². The average Bonchev–Trinajstić information content (AvgIpc) is 1.35. The summed E-state index contributed by atoms with van der Waals surface area (Å²) in [5.74, 6) is 0. The summed E-state index contributed by atoms with van der Waals surface area (Å²) in [5.41, 5.74) is 0. The van der Waals surface area contributed by atoms with Gasteiger partial charge in [-0.1, -0.05) is 0 Å². The van der Waals surface area contributed by atoms with Gasteiger partial charge < -0.3 is 0 Å². The Morgan fingerprint density at radius 1 is 1.83 bits per heavy atom. The fraction of sp³-hybridized carbons (Fsp3) is 0.750. The largest absolute Gasteiger partial charge is 0.162 e. The van der Waals surface area contributed by atoms with Gasteiger partial charge in [-0.25, -0.2) is 0 Å². The molecule has 37 valence electrons. The normalized spacial score (nSPS) is 12.0. The van der Waals surface area contributed by atoms with Crippen molar-refractivity contribution in [1.82, 2.24) is 0 Å². The maximum Gasteiger partial charge on any atom is 0.0551 e. The molecular weight excluding hydrogens is 112 g/mol. The Hall–Kier alpha value is 0.700. The summed E-state index contributed by atoms with van der Waals surface area (Å²) in [6, 6.07) is 0. The fourth-order valence-corrected chi connectivity index (χ4v) is 0. The average molecular weight is 121 g/mol. The Balaban J connectivity index is 3.17. The molecular formula is C4H9S2. The van der Waals surface area contributed by atoms with E-state index in [0.717, 1.165) is 0 Å². The van der Waals surface area contributed by atoms with Crippen molar-refractivity contribution in [1.29, 1.82) is 0 Å². The highest BCUT2D eigenvalue weighted by atomic mass is 32.2. The number of hydrogen-bond donors (Lipinski definition) is 1. The molecule has 1 radical (unpaired) electrons. The van der Waals surface area contributed by atoms with E-state index >= 15 is 0 Å². The second-order valence-electron chi connectivity index (χ2n) is 1.38. The Kier molecular flexibility index (Phi) is 2.37. The Labute approximate surface area is 49.1 Å². The van der Waals surface area contributed by atoms with E-state index in [2.05, 4.69) is 19.6 Å². The van der Waals surface area contributed by atoms with Crippen LogP contribution in [0.1, 0.15) is 6.92 Å². The molecule has 0 aliphatic rings. The van der Waals surface area contributed by atoms with Crippen LogP contribution in [0.25, 0.3) is 0 Å². The van der Waals surface area contributed by atoms with Crippen molar-refractivity contribution in [2.75, 3.05) is 6.26 Å². The maximum absolute atomic E-state index is 4.11. The smallest absolute Gasteiger partial charge is 0.0551 e. The molecule has 0 bridgehead atoms. The van der Waals surface area contributed by atoms with Crippen molar-refractivity contribution in [2.24, 2.45) is 0 Å². The quantitative estimate of drug-likeness (QED) is 0.408. The molecule has 0 aliphatic carbocycles. The minimum Gasteiger partial charge on any atom is -0.162 e. The molecule has 0 spiro atoms. The van der Waals surface area contributed by atoms with E-state index in [1.165, 1.54) is 0 Å². The topological polar surface area (TPSA) is 0 Å². The molecule has 0 N–H and O–H groups in total. The van der Waals surface area contributed by atoms with Crippen LogP contribution in [-0.4, -0.2) is 10.3 Å². The molecule has 0 saturated heterocycles. The zero-order chi connectivity index (χ0) is 5.21. The molecule has 2 heteroatoms. The SMILES string of the molecule is [CH2]C(C)(S)SC. The van der Waals surface area contributed by atoms with Gasteiger partial charge >= 0.3 is 0 Å². The first-order valence-electron chi connectivity index (χ1n) is 1.69. The second-order valence-corrected chi connectivity index (χ2v) is 3.98. The summed E-state index contributed by atoms with van der Waals surface area (Å²) in [7, 11) is 0. The Bertz CT molecular complexity index is 35.3. The summed E-state index contributed by atoms with van der Waals surface area (Å²) >= 11 is 5.74. The third-order valence-corrected chi connectivity index (χ3v) is 1.87.